The Morgan fingerprint density at radius 2 is 1.53 bits per heavy atom. The third-order valence-electron chi connectivity index (χ3n) is 5.42. The molecule has 0 saturated carbocycles. The van der Waals surface area contributed by atoms with Gasteiger partial charge in [0, 0.05) is 31.2 Å². The Bertz CT molecular complexity index is 1070. The van der Waals surface area contributed by atoms with E-state index in [0.717, 1.165) is 30.3 Å². The fraction of sp³-hybridized carbons (Fsp3) is 0.364. The third-order valence-corrected chi connectivity index (χ3v) is 5.66. The van der Waals surface area contributed by atoms with Gasteiger partial charge in [0.2, 0.25) is 5.91 Å². The molecule has 1 heterocycles. The van der Waals surface area contributed by atoms with Gasteiger partial charge in [-0.2, -0.15) is 26.3 Å². The molecule has 0 aliphatic carbocycles. The molecule has 1 unspecified atom stereocenters. The molecular weight excluding hydrogens is 488 g/mol. The SMILES string of the molecule is NC(Cc1cccc(C(F)(F)F)c1)C(=O)N1CCN(C(=O)c2cc(Cl)ccc2C(F)(F)F)CC1. The lowest BCUT2D eigenvalue weighted by Gasteiger charge is -2.36. The van der Waals surface area contributed by atoms with Gasteiger partial charge in [-0.1, -0.05) is 29.8 Å². The van der Waals surface area contributed by atoms with Crippen LogP contribution >= 0.6 is 11.6 Å². The summed E-state index contributed by atoms with van der Waals surface area (Å²) in [7, 11) is 0. The number of hydrogen-bond donors (Lipinski definition) is 1. The number of benzene rings is 2. The van der Waals surface area contributed by atoms with Crippen molar-refractivity contribution >= 4 is 23.4 Å². The van der Waals surface area contributed by atoms with E-state index in [1.807, 2.05) is 0 Å². The lowest BCUT2D eigenvalue weighted by Crippen LogP contribution is -2.54. The van der Waals surface area contributed by atoms with Gasteiger partial charge in [0.15, 0.2) is 0 Å². The van der Waals surface area contributed by atoms with Crippen molar-refractivity contribution in [3.05, 3.63) is 69.7 Å². The molecule has 1 fully saturated rings. The van der Waals surface area contributed by atoms with E-state index in [-0.39, 0.29) is 43.2 Å². The van der Waals surface area contributed by atoms with Crippen LogP contribution in [-0.4, -0.2) is 53.8 Å². The summed E-state index contributed by atoms with van der Waals surface area (Å²) in [5.41, 5.74) is 3.62. The summed E-state index contributed by atoms with van der Waals surface area (Å²) in [5, 5.41) is -0.0225. The van der Waals surface area contributed by atoms with Crippen LogP contribution < -0.4 is 5.73 Å². The fourth-order valence-corrected chi connectivity index (χ4v) is 3.86. The van der Waals surface area contributed by atoms with Crippen molar-refractivity contribution in [3.8, 4) is 0 Å². The summed E-state index contributed by atoms with van der Waals surface area (Å²) >= 11 is 5.78. The fourth-order valence-electron chi connectivity index (χ4n) is 3.69. The molecule has 5 nitrogen and oxygen atoms in total. The molecule has 0 bridgehead atoms. The summed E-state index contributed by atoms with van der Waals surface area (Å²) in [6, 6.07) is 6.12. The molecule has 0 spiro atoms. The molecule has 1 aliphatic rings. The zero-order chi connectivity index (χ0) is 25.3. The average molecular weight is 508 g/mol. The first-order valence-corrected chi connectivity index (χ1v) is 10.5. The van der Waals surface area contributed by atoms with Crippen molar-refractivity contribution in [3.63, 3.8) is 0 Å². The number of amides is 2. The van der Waals surface area contributed by atoms with Crippen LogP contribution in [0.3, 0.4) is 0 Å². The largest absolute Gasteiger partial charge is 0.417 e. The highest BCUT2D eigenvalue weighted by atomic mass is 35.5. The first kappa shape index (κ1) is 25.8. The Kier molecular flexibility index (Phi) is 7.47. The summed E-state index contributed by atoms with van der Waals surface area (Å²) in [5.74, 6) is -1.39. The maximum Gasteiger partial charge on any atom is 0.417 e. The molecule has 1 aliphatic heterocycles. The minimum absolute atomic E-state index is 0.0166. The van der Waals surface area contributed by atoms with Crippen molar-refractivity contribution in [2.24, 2.45) is 5.73 Å². The number of piperazine rings is 1. The Balaban J connectivity index is 1.63. The molecule has 12 heteroatoms. The molecule has 2 N–H and O–H groups in total. The van der Waals surface area contributed by atoms with Crippen LogP contribution in [0.1, 0.15) is 27.0 Å². The standard InChI is InChI=1S/C22H20ClF6N3O2/c23-15-4-5-17(22(27,28)29)16(12-15)19(33)31-6-8-32(9-7-31)20(34)18(30)11-13-2-1-3-14(10-13)21(24,25)26/h1-5,10,12,18H,6-9,11,30H2. The molecule has 1 atom stereocenters. The first-order valence-electron chi connectivity index (χ1n) is 10.1. The highest BCUT2D eigenvalue weighted by Gasteiger charge is 2.37. The van der Waals surface area contributed by atoms with E-state index in [0.29, 0.717) is 0 Å². The predicted octanol–water partition coefficient (Wildman–Crippen LogP) is 4.23. The van der Waals surface area contributed by atoms with Gasteiger partial charge >= 0.3 is 12.4 Å². The number of nitrogens with two attached hydrogens (primary N) is 1. The first-order chi connectivity index (χ1) is 15.8. The molecule has 34 heavy (non-hydrogen) atoms. The van der Waals surface area contributed by atoms with E-state index >= 15 is 0 Å². The van der Waals surface area contributed by atoms with Crippen molar-refractivity contribution < 1.29 is 35.9 Å². The zero-order valence-electron chi connectivity index (χ0n) is 17.6. The highest BCUT2D eigenvalue weighted by molar-refractivity contribution is 6.31. The van der Waals surface area contributed by atoms with E-state index in [1.165, 1.54) is 21.9 Å². The second kappa shape index (κ2) is 9.83. The summed E-state index contributed by atoms with van der Waals surface area (Å²) in [4.78, 5) is 27.9. The van der Waals surface area contributed by atoms with Crippen LogP contribution in [-0.2, 0) is 23.6 Å². The molecular formula is C22H20ClF6N3O2. The number of carbonyl (C=O) groups excluding carboxylic acids is 2. The summed E-state index contributed by atoms with van der Waals surface area (Å²) in [6.45, 7) is -0.0408. The van der Waals surface area contributed by atoms with Gasteiger partial charge in [-0.25, -0.2) is 0 Å². The minimum atomic E-state index is -4.75. The number of nitrogens with zero attached hydrogens (tertiary/aromatic N) is 2. The molecule has 3 rings (SSSR count). The van der Waals surface area contributed by atoms with E-state index in [4.69, 9.17) is 17.3 Å². The number of hydrogen-bond acceptors (Lipinski definition) is 3. The molecule has 0 aromatic heterocycles. The Hall–Kier alpha value is -2.79. The maximum atomic E-state index is 13.3. The van der Waals surface area contributed by atoms with E-state index in [2.05, 4.69) is 0 Å². The van der Waals surface area contributed by atoms with Crippen molar-refractivity contribution in [2.75, 3.05) is 26.2 Å². The Morgan fingerprint density at radius 1 is 0.912 bits per heavy atom. The van der Waals surface area contributed by atoms with Crippen LogP contribution in [0.2, 0.25) is 5.02 Å². The van der Waals surface area contributed by atoms with Crippen LogP contribution in [0.25, 0.3) is 0 Å². The van der Waals surface area contributed by atoms with Crippen LogP contribution in [0, 0.1) is 0 Å². The minimum Gasteiger partial charge on any atom is -0.338 e. The number of alkyl halides is 6. The van der Waals surface area contributed by atoms with Gasteiger partial charge in [-0.3, -0.25) is 9.59 Å². The maximum absolute atomic E-state index is 13.3. The van der Waals surface area contributed by atoms with Gasteiger partial charge in [0.25, 0.3) is 5.91 Å². The van der Waals surface area contributed by atoms with Crippen LogP contribution in [0.4, 0.5) is 26.3 Å². The molecule has 184 valence electrons. The molecule has 2 amide bonds. The van der Waals surface area contributed by atoms with Crippen LogP contribution in [0.15, 0.2) is 42.5 Å². The molecule has 2 aromatic carbocycles. The number of halogens is 7. The topological polar surface area (TPSA) is 66.6 Å². The summed E-state index contributed by atoms with van der Waals surface area (Å²) < 4.78 is 78.5. The molecule has 1 saturated heterocycles. The predicted molar refractivity (Wildman–Crippen MR) is 112 cm³/mol. The second-order valence-electron chi connectivity index (χ2n) is 7.81. The zero-order valence-corrected chi connectivity index (χ0v) is 18.3. The normalized spacial score (nSPS) is 15.9. The van der Waals surface area contributed by atoms with Crippen molar-refractivity contribution in [2.45, 2.75) is 24.8 Å². The third kappa shape index (κ3) is 6.01. The Morgan fingerprint density at radius 3 is 2.12 bits per heavy atom. The van der Waals surface area contributed by atoms with Gasteiger partial charge < -0.3 is 15.5 Å². The van der Waals surface area contributed by atoms with E-state index in [9.17, 15) is 35.9 Å². The van der Waals surface area contributed by atoms with Crippen molar-refractivity contribution in [1.82, 2.24) is 9.80 Å². The lowest BCUT2D eigenvalue weighted by atomic mass is 10.0. The van der Waals surface area contributed by atoms with Gasteiger partial charge in [-0.15, -0.1) is 0 Å². The lowest BCUT2D eigenvalue weighted by molar-refractivity contribution is -0.138. The number of carbonyl (C=O) groups is 2. The van der Waals surface area contributed by atoms with E-state index in [1.54, 1.807) is 0 Å². The van der Waals surface area contributed by atoms with Crippen molar-refractivity contribution in [1.29, 1.82) is 0 Å². The second-order valence-corrected chi connectivity index (χ2v) is 8.25. The molecule has 2 aromatic rings. The van der Waals surface area contributed by atoms with Gasteiger partial charge in [-0.05, 0) is 36.2 Å². The average Bonchev–Trinajstić information content (AvgIpc) is 2.77. The van der Waals surface area contributed by atoms with Crippen LogP contribution in [0.5, 0.6) is 0 Å². The Labute approximate surface area is 196 Å². The number of rotatable bonds is 4. The monoisotopic (exact) mass is 507 g/mol. The summed E-state index contributed by atoms with van der Waals surface area (Å²) in [6.07, 6.45) is -9.40. The highest BCUT2D eigenvalue weighted by Crippen LogP contribution is 2.34. The quantitative estimate of drug-likeness (QED) is 0.630. The van der Waals surface area contributed by atoms with Gasteiger partial charge in [0.1, 0.15) is 0 Å². The van der Waals surface area contributed by atoms with E-state index < -0.39 is 46.9 Å². The smallest absolute Gasteiger partial charge is 0.338 e. The molecule has 0 radical (unpaired) electrons. The van der Waals surface area contributed by atoms with Gasteiger partial charge in [0.05, 0.1) is 22.7 Å².